The van der Waals surface area contributed by atoms with E-state index < -0.39 is 10.0 Å². The predicted octanol–water partition coefficient (Wildman–Crippen LogP) is 1.43. The van der Waals surface area contributed by atoms with E-state index in [2.05, 4.69) is 10.3 Å². The van der Waals surface area contributed by atoms with Gasteiger partial charge in [-0.3, -0.25) is 14.6 Å². The second kappa shape index (κ2) is 9.82. The summed E-state index contributed by atoms with van der Waals surface area (Å²) in [4.78, 5) is 31.2. The summed E-state index contributed by atoms with van der Waals surface area (Å²) in [5.74, 6) is -0.415. The maximum Gasteiger partial charge on any atom is 0.255 e. The van der Waals surface area contributed by atoms with Crippen molar-refractivity contribution in [1.29, 1.82) is 0 Å². The first-order valence-electron chi connectivity index (χ1n) is 9.92. The molecule has 1 N–H and O–H groups in total. The lowest BCUT2D eigenvalue weighted by Crippen LogP contribution is -2.39. The van der Waals surface area contributed by atoms with Gasteiger partial charge in [0, 0.05) is 51.0 Å². The molecule has 30 heavy (non-hydrogen) atoms. The number of amides is 2. The number of rotatable bonds is 3. The summed E-state index contributed by atoms with van der Waals surface area (Å²) in [5, 5.41) is 2.77. The second-order valence-electron chi connectivity index (χ2n) is 7.10. The van der Waals surface area contributed by atoms with Crippen LogP contribution in [0.25, 0.3) is 0 Å². The Kier molecular flexibility index (Phi) is 7.17. The van der Waals surface area contributed by atoms with E-state index in [9.17, 15) is 18.0 Å². The monoisotopic (exact) mass is 430 g/mol. The van der Waals surface area contributed by atoms with Gasteiger partial charge in [-0.1, -0.05) is 18.2 Å². The van der Waals surface area contributed by atoms with E-state index in [4.69, 9.17) is 0 Å². The van der Waals surface area contributed by atoms with Gasteiger partial charge in [-0.2, -0.15) is 4.31 Å². The van der Waals surface area contributed by atoms with Crippen LogP contribution in [0.15, 0.2) is 53.6 Å². The molecular weight excluding hydrogens is 404 g/mol. The Morgan fingerprint density at radius 1 is 1.03 bits per heavy atom. The highest BCUT2D eigenvalue weighted by atomic mass is 32.2. The fourth-order valence-electron chi connectivity index (χ4n) is 3.37. The smallest absolute Gasteiger partial charge is 0.255 e. The molecule has 2 aromatic rings. The highest BCUT2D eigenvalue weighted by Gasteiger charge is 2.26. The number of aryl methyl sites for hydroxylation is 1. The SMILES string of the molecule is Cc1ncccc1C(=O)N1CCCN(S(=O)(=O)c2ccccc2)CCC(=O)NCC1. The molecule has 160 valence electrons. The highest BCUT2D eigenvalue weighted by molar-refractivity contribution is 7.89. The molecule has 2 heterocycles. The molecule has 8 nitrogen and oxygen atoms in total. The maximum atomic E-state index is 13.0. The zero-order valence-electron chi connectivity index (χ0n) is 17.0. The third-order valence-electron chi connectivity index (χ3n) is 5.03. The van der Waals surface area contributed by atoms with Crippen LogP contribution in [-0.2, 0) is 14.8 Å². The summed E-state index contributed by atoms with van der Waals surface area (Å²) < 4.78 is 27.4. The van der Waals surface area contributed by atoms with Crippen LogP contribution in [0.2, 0.25) is 0 Å². The van der Waals surface area contributed by atoms with Crippen LogP contribution in [0.4, 0.5) is 0 Å². The van der Waals surface area contributed by atoms with Gasteiger partial charge in [-0.05, 0) is 37.6 Å². The van der Waals surface area contributed by atoms with Crippen molar-refractivity contribution >= 4 is 21.8 Å². The van der Waals surface area contributed by atoms with Gasteiger partial charge >= 0.3 is 0 Å². The molecule has 3 rings (SSSR count). The van der Waals surface area contributed by atoms with Crippen LogP contribution < -0.4 is 5.32 Å². The van der Waals surface area contributed by atoms with Crippen LogP contribution in [0.3, 0.4) is 0 Å². The predicted molar refractivity (Wildman–Crippen MR) is 112 cm³/mol. The molecule has 0 spiro atoms. The summed E-state index contributed by atoms with van der Waals surface area (Å²) in [6.07, 6.45) is 2.17. The topological polar surface area (TPSA) is 99.7 Å². The normalized spacial score (nSPS) is 17.1. The summed E-state index contributed by atoms with van der Waals surface area (Å²) in [7, 11) is -3.72. The average molecular weight is 431 g/mol. The quantitative estimate of drug-likeness (QED) is 0.794. The number of nitrogens with zero attached hydrogens (tertiary/aromatic N) is 3. The molecule has 0 unspecified atom stereocenters. The van der Waals surface area contributed by atoms with Gasteiger partial charge in [-0.15, -0.1) is 0 Å². The van der Waals surface area contributed by atoms with Crippen molar-refractivity contribution in [1.82, 2.24) is 19.5 Å². The standard InChI is InChI=1S/C21H26N4O4S/c1-17-19(9-5-11-22-17)21(27)24-13-6-14-25(15-10-20(26)23-12-16-24)30(28,29)18-7-3-2-4-8-18/h2-5,7-9,11H,6,10,12-16H2,1H3,(H,23,26). The van der Waals surface area contributed by atoms with Gasteiger partial charge in [0.1, 0.15) is 0 Å². The van der Waals surface area contributed by atoms with E-state index in [1.54, 1.807) is 60.5 Å². The molecule has 9 heteroatoms. The van der Waals surface area contributed by atoms with Crippen LogP contribution in [0.1, 0.15) is 28.9 Å². The lowest BCUT2D eigenvalue weighted by molar-refractivity contribution is -0.121. The van der Waals surface area contributed by atoms with Crippen molar-refractivity contribution in [3.63, 3.8) is 0 Å². The Morgan fingerprint density at radius 3 is 2.53 bits per heavy atom. The van der Waals surface area contributed by atoms with Gasteiger partial charge in [0.15, 0.2) is 0 Å². The number of nitrogens with one attached hydrogen (secondary N) is 1. The molecule has 1 aliphatic heterocycles. The minimum atomic E-state index is -3.72. The fraction of sp³-hybridized carbons (Fsp3) is 0.381. The minimum absolute atomic E-state index is 0.0712. The molecular formula is C21H26N4O4S. The second-order valence-corrected chi connectivity index (χ2v) is 9.04. The van der Waals surface area contributed by atoms with E-state index in [1.807, 2.05) is 0 Å². The molecule has 1 aromatic heterocycles. The van der Waals surface area contributed by atoms with Gasteiger partial charge in [0.25, 0.3) is 5.91 Å². The molecule has 1 aliphatic rings. The van der Waals surface area contributed by atoms with Crippen molar-refractivity contribution in [3.05, 3.63) is 59.9 Å². The number of hydrogen-bond acceptors (Lipinski definition) is 5. The van der Waals surface area contributed by atoms with Gasteiger partial charge in [-0.25, -0.2) is 8.42 Å². The number of aromatic nitrogens is 1. The lowest BCUT2D eigenvalue weighted by atomic mass is 10.1. The van der Waals surface area contributed by atoms with Crippen LogP contribution >= 0.6 is 0 Å². The van der Waals surface area contributed by atoms with E-state index in [-0.39, 0.29) is 36.2 Å². The van der Waals surface area contributed by atoms with Crippen LogP contribution in [0.5, 0.6) is 0 Å². The molecule has 0 saturated carbocycles. The van der Waals surface area contributed by atoms with Gasteiger partial charge in [0.2, 0.25) is 15.9 Å². The molecule has 1 aromatic carbocycles. The largest absolute Gasteiger partial charge is 0.354 e. The van der Waals surface area contributed by atoms with E-state index >= 15 is 0 Å². The highest BCUT2D eigenvalue weighted by Crippen LogP contribution is 2.17. The van der Waals surface area contributed by atoms with E-state index in [1.165, 1.54) is 4.31 Å². The minimum Gasteiger partial charge on any atom is -0.354 e. The number of sulfonamides is 1. The first kappa shape index (κ1) is 21.9. The number of pyridine rings is 1. The third-order valence-corrected chi connectivity index (χ3v) is 6.95. The maximum absolute atomic E-state index is 13.0. The Labute approximate surface area is 177 Å². The third kappa shape index (κ3) is 5.22. The molecule has 0 radical (unpaired) electrons. The summed E-state index contributed by atoms with van der Waals surface area (Å²) in [5.41, 5.74) is 1.14. The Hall–Kier alpha value is -2.78. The van der Waals surface area contributed by atoms with E-state index in [0.717, 1.165) is 0 Å². The van der Waals surface area contributed by atoms with Crippen molar-refractivity contribution in [2.24, 2.45) is 0 Å². The molecule has 1 saturated heterocycles. The Morgan fingerprint density at radius 2 is 1.80 bits per heavy atom. The first-order chi connectivity index (χ1) is 14.4. The Balaban J connectivity index is 1.79. The number of benzene rings is 1. The molecule has 0 atom stereocenters. The average Bonchev–Trinajstić information content (AvgIpc) is 2.79. The molecule has 1 fully saturated rings. The fourth-order valence-corrected chi connectivity index (χ4v) is 4.87. The number of carbonyl (C=O) groups excluding carboxylic acids is 2. The number of carbonyl (C=O) groups is 2. The van der Waals surface area contributed by atoms with Crippen LogP contribution in [0, 0.1) is 6.92 Å². The van der Waals surface area contributed by atoms with Crippen molar-refractivity contribution < 1.29 is 18.0 Å². The van der Waals surface area contributed by atoms with Crippen molar-refractivity contribution in [2.75, 3.05) is 32.7 Å². The van der Waals surface area contributed by atoms with E-state index in [0.29, 0.717) is 37.3 Å². The number of hydrogen-bond donors (Lipinski definition) is 1. The summed E-state index contributed by atoms with van der Waals surface area (Å²) in [6, 6.07) is 11.6. The summed E-state index contributed by atoms with van der Waals surface area (Å²) in [6.45, 7) is 3.14. The molecule has 0 aliphatic carbocycles. The van der Waals surface area contributed by atoms with Crippen LogP contribution in [-0.4, -0.2) is 67.1 Å². The molecule has 0 bridgehead atoms. The first-order valence-corrected chi connectivity index (χ1v) is 11.4. The zero-order chi connectivity index (χ0) is 21.6. The molecule has 2 amide bonds. The zero-order valence-corrected chi connectivity index (χ0v) is 17.8. The van der Waals surface area contributed by atoms with Crippen molar-refractivity contribution in [2.45, 2.75) is 24.7 Å². The Bertz CT molecular complexity index is 995. The van der Waals surface area contributed by atoms with Crippen molar-refractivity contribution in [3.8, 4) is 0 Å². The van der Waals surface area contributed by atoms with Gasteiger partial charge in [0.05, 0.1) is 10.5 Å². The lowest BCUT2D eigenvalue weighted by Gasteiger charge is -2.25. The summed E-state index contributed by atoms with van der Waals surface area (Å²) >= 11 is 0. The van der Waals surface area contributed by atoms with Gasteiger partial charge < -0.3 is 10.2 Å².